The number of hydrogen-bond donors (Lipinski definition) is 0. The largest absolute Gasteiger partial charge is 0.462 e. The molecule has 0 bridgehead atoms. The Labute approximate surface area is 158 Å². The maximum absolute atomic E-state index is 13.1. The second kappa shape index (κ2) is 8.94. The van der Waals surface area contributed by atoms with Gasteiger partial charge in [0.15, 0.2) is 5.69 Å². The van der Waals surface area contributed by atoms with E-state index in [0.717, 1.165) is 18.8 Å². The molecule has 0 amide bonds. The normalized spacial score (nSPS) is 11.8. The number of alkyl halides is 3. The van der Waals surface area contributed by atoms with E-state index in [1.165, 1.54) is 6.92 Å². The first kappa shape index (κ1) is 20.8. The Morgan fingerprint density at radius 2 is 1.78 bits per heavy atom. The van der Waals surface area contributed by atoms with Gasteiger partial charge in [0.05, 0.1) is 12.3 Å². The predicted octanol–water partition coefficient (Wildman–Crippen LogP) is 5.60. The molecule has 0 aliphatic heterocycles. The molecule has 0 spiro atoms. The number of carbonyl (C=O) groups excluding carboxylic acids is 1. The predicted molar refractivity (Wildman–Crippen MR) is 97.3 cm³/mol. The average molecular weight is 400 g/mol. The van der Waals surface area contributed by atoms with Gasteiger partial charge in [-0.15, -0.1) is 10.2 Å². The molecule has 0 N–H and O–H groups in total. The zero-order valence-electron chi connectivity index (χ0n) is 15.1. The van der Waals surface area contributed by atoms with Crippen LogP contribution in [-0.2, 0) is 10.9 Å². The van der Waals surface area contributed by atoms with Crippen LogP contribution in [0.25, 0.3) is 0 Å². The third-order valence-electron chi connectivity index (χ3n) is 3.57. The van der Waals surface area contributed by atoms with Gasteiger partial charge in [0, 0.05) is 18.8 Å². The molecule has 0 saturated heterocycles. The van der Waals surface area contributed by atoms with Gasteiger partial charge in [0.2, 0.25) is 5.13 Å². The van der Waals surface area contributed by atoms with E-state index in [1.54, 1.807) is 12.1 Å². The molecular formula is C17H19F3N4O2S. The number of esters is 1. The van der Waals surface area contributed by atoms with Crippen molar-refractivity contribution in [3.05, 3.63) is 34.8 Å². The molecule has 1 aromatic carbocycles. The van der Waals surface area contributed by atoms with Crippen molar-refractivity contribution < 1.29 is 22.7 Å². The Kier molecular flexibility index (Phi) is 6.89. The summed E-state index contributed by atoms with van der Waals surface area (Å²) < 4.78 is 43.9. The van der Waals surface area contributed by atoms with Gasteiger partial charge < -0.3 is 9.64 Å². The van der Waals surface area contributed by atoms with Gasteiger partial charge in [-0.3, -0.25) is 0 Å². The number of thiazole rings is 1. The van der Waals surface area contributed by atoms with Crippen LogP contribution < -0.4 is 4.90 Å². The third kappa shape index (κ3) is 5.25. The van der Waals surface area contributed by atoms with E-state index in [9.17, 15) is 18.0 Å². The summed E-state index contributed by atoms with van der Waals surface area (Å²) in [4.78, 5) is 16.6. The molecule has 27 heavy (non-hydrogen) atoms. The van der Waals surface area contributed by atoms with Crippen molar-refractivity contribution in [3.63, 3.8) is 0 Å². The number of ether oxygens (including phenoxy) is 1. The lowest BCUT2D eigenvalue weighted by Crippen LogP contribution is -2.21. The number of nitrogens with zero attached hydrogens (tertiary/aromatic N) is 4. The van der Waals surface area contributed by atoms with Crippen LogP contribution in [0.4, 0.5) is 29.7 Å². The summed E-state index contributed by atoms with van der Waals surface area (Å²) in [6.07, 6.45) is -4.78. The van der Waals surface area contributed by atoms with Gasteiger partial charge in [-0.2, -0.15) is 13.2 Å². The highest BCUT2D eigenvalue weighted by atomic mass is 32.1. The minimum atomic E-state index is -4.78. The summed E-state index contributed by atoms with van der Waals surface area (Å²) in [5, 5.41) is 7.38. The lowest BCUT2D eigenvalue weighted by Gasteiger charge is -2.20. The summed E-state index contributed by atoms with van der Waals surface area (Å²) in [6.45, 7) is 7.26. The molecule has 0 aliphatic rings. The van der Waals surface area contributed by atoms with E-state index in [2.05, 4.69) is 24.8 Å². The van der Waals surface area contributed by atoms with Crippen LogP contribution in [0.15, 0.2) is 34.5 Å². The second-order valence-corrected chi connectivity index (χ2v) is 6.26. The molecule has 10 heteroatoms. The Bertz CT molecular complexity index is 800. The molecule has 2 aromatic rings. The fourth-order valence-corrected chi connectivity index (χ4v) is 3.10. The monoisotopic (exact) mass is 400 g/mol. The van der Waals surface area contributed by atoms with E-state index in [0.29, 0.717) is 17.0 Å². The minimum absolute atomic E-state index is 0.0379. The topological polar surface area (TPSA) is 67.2 Å². The number of rotatable bonds is 7. The molecule has 6 nitrogen and oxygen atoms in total. The lowest BCUT2D eigenvalue weighted by molar-refractivity contribution is -0.141. The first-order chi connectivity index (χ1) is 12.8. The van der Waals surface area contributed by atoms with Crippen LogP contribution >= 0.6 is 11.3 Å². The fraction of sp³-hybridized carbons (Fsp3) is 0.412. The molecule has 1 aromatic heterocycles. The van der Waals surface area contributed by atoms with E-state index in [4.69, 9.17) is 0 Å². The van der Waals surface area contributed by atoms with Crippen molar-refractivity contribution in [3.8, 4) is 0 Å². The molecule has 0 unspecified atom stereocenters. The average Bonchev–Trinajstić information content (AvgIpc) is 3.07. The first-order valence-electron chi connectivity index (χ1n) is 8.32. The lowest BCUT2D eigenvalue weighted by atomic mass is 10.2. The standard InChI is InChI=1S/C17H19F3N4O2S/c1-4-24(5-2)12-9-7-11(8-10-12)22-23-16-21-14(17(18,19)20)13(27-16)15(25)26-6-3/h7-10H,4-6H2,1-3H3. The quantitative estimate of drug-likeness (QED) is 0.448. The summed E-state index contributed by atoms with van der Waals surface area (Å²) in [6, 6.07) is 7.13. The smallest absolute Gasteiger partial charge is 0.435 e. The van der Waals surface area contributed by atoms with Gasteiger partial charge in [-0.1, -0.05) is 11.3 Å². The second-order valence-electron chi connectivity index (χ2n) is 5.28. The highest BCUT2D eigenvalue weighted by molar-refractivity contribution is 7.17. The van der Waals surface area contributed by atoms with Crippen molar-refractivity contribution in [1.29, 1.82) is 0 Å². The number of carbonyl (C=O) groups is 1. The zero-order valence-corrected chi connectivity index (χ0v) is 15.9. The number of benzene rings is 1. The maximum atomic E-state index is 13.1. The van der Waals surface area contributed by atoms with Gasteiger partial charge in [-0.05, 0) is 45.0 Å². The molecule has 0 radical (unpaired) electrons. The first-order valence-corrected chi connectivity index (χ1v) is 9.13. The Hall–Kier alpha value is -2.49. The molecule has 146 valence electrons. The van der Waals surface area contributed by atoms with Crippen LogP contribution in [0.5, 0.6) is 0 Å². The van der Waals surface area contributed by atoms with Crippen molar-refractivity contribution in [2.75, 3.05) is 24.6 Å². The zero-order chi connectivity index (χ0) is 20.0. The van der Waals surface area contributed by atoms with E-state index in [1.807, 2.05) is 26.0 Å². The van der Waals surface area contributed by atoms with Crippen LogP contribution in [0.3, 0.4) is 0 Å². The minimum Gasteiger partial charge on any atom is -0.462 e. The van der Waals surface area contributed by atoms with E-state index in [-0.39, 0.29) is 11.7 Å². The summed E-state index contributed by atoms with van der Waals surface area (Å²) in [5.74, 6) is -1.08. The number of anilines is 1. The van der Waals surface area contributed by atoms with E-state index >= 15 is 0 Å². The van der Waals surface area contributed by atoms with Crippen molar-refractivity contribution in [2.45, 2.75) is 26.9 Å². The molecule has 0 saturated carbocycles. The number of hydrogen-bond acceptors (Lipinski definition) is 7. The molecule has 2 rings (SSSR count). The molecular weight excluding hydrogens is 381 g/mol. The highest BCUT2D eigenvalue weighted by Gasteiger charge is 2.40. The van der Waals surface area contributed by atoms with Crippen LogP contribution in [0, 0.1) is 0 Å². The number of azo groups is 1. The maximum Gasteiger partial charge on any atom is 0.435 e. The molecule has 0 atom stereocenters. The van der Waals surface area contributed by atoms with Gasteiger partial charge >= 0.3 is 12.1 Å². The third-order valence-corrected chi connectivity index (χ3v) is 4.49. The van der Waals surface area contributed by atoms with Gasteiger partial charge in [-0.25, -0.2) is 9.78 Å². The van der Waals surface area contributed by atoms with Crippen LogP contribution in [0.2, 0.25) is 0 Å². The van der Waals surface area contributed by atoms with Crippen molar-refractivity contribution in [1.82, 2.24) is 4.98 Å². The number of aromatic nitrogens is 1. The van der Waals surface area contributed by atoms with Gasteiger partial charge in [0.25, 0.3) is 0 Å². The van der Waals surface area contributed by atoms with E-state index < -0.39 is 22.7 Å². The molecule has 1 heterocycles. The molecule has 0 fully saturated rings. The highest BCUT2D eigenvalue weighted by Crippen LogP contribution is 2.38. The summed E-state index contributed by atoms with van der Waals surface area (Å²) in [7, 11) is 0. The summed E-state index contributed by atoms with van der Waals surface area (Å²) in [5.41, 5.74) is 0.168. The Morgan fingerprint density at radius 1 is 1.15 bits per heavy atom. The van der Waals surface area contributed by atoms with Crippen molar-refractivity contribution in [2.24, 2.45) is 10.2 Å². The SMILES string of the molecule is CCOC(=O)c1sc(N=Nc2ccc(N(CC)CC)cc2)nc1C(F)(F)F. The fourth-order valence-electron chi connectivity index (χ4n) is 2.30. The van der Waals surface area contributed by atoms with Gasteiger partial charge in [0.1, 0.15) is 4.88 Å². The molecule has 0 aliphatic carbocycles. The number of halogens is 3. The van der Waals surface area contributed by atoms with Crippen LogP contribution in [0.1, 0.15) is 36.1 Å². The van der Waals surface area contributed by atoms with Crippen LogP contribution in [-0.4, -0.2) is 30.6 Å². The summed E-state index contributed by atoms with van der Waals surface area (Å²) >= 11 is 0.495. The van der Waals surface area contributed by atoms with Crippen molar-refractivity contribution >= 4 is 33.8 Å². The Morgan fingerprint density at radius 3 is 2.30 bits per heavy atom. The Balaban J connectivity index is 2.25.